The Morgan fingerprint density at radius 2 is 1.97 bits per heavy atom. The minimum Gasteiger partial charge on any atom is -0.380 e. The number of carbonyl (C=O) groups excluding carboxylic acids is 3. The van der Waals surface area contributed by atoms with E-state index in [1.54, 1.807) is 11.9 Å². The molecule has 1 aliphatic heterocycles. The van der Waals surface area contributed by atoms with Crippen molar-refractivity contribution in [2.45, 2.75) is 51.6 Å². The van der Waals surface area contributed by atoms with Crippen LogP contribution in [0.5, 0.6) is 0 Å². The van der Waals surface area contributed by atoms with Gasteiger partial charge in [-0.3, -0.25) is 14.4 Å². The molecule has 7 heteroatoms. The summed E-state index contributed by atoms with van der Waals surface area (Å²) < 4.78 is 5.25. The Morgan fingerprint density at radius 1 is 1.23 bits per heavy atom. The van der Waals surface area contributed by atoms with Crippen LogP contribution in [0.3, 0.4) is 0 Å². The third-order valence-electron chi connectivity index (χ3n) is 5.60. The highest BCUT2D eigenvalue weighted by molar-refractivity contribution is 5.86. The van der Waals surface area contributed by atoms with E-state index in [-0.39, 0.29) is 36.2 Å². The van der Waals surface area contributed by atoms with Crippen LogP contribution in [-0.2, 0) is 19.1 Å². The first kappa shape index (κ1) is 24.6. The lowest BCUT2D eigenvalue weighted by atomic mass is 9.94. The van der Waals surface area contributed by atoms with Crippen molar-refractivity contribution >= 4 is 17.7 Å². The van der Waals surface area contributed by atoms with Crippen LogP contribution in [0.2, 0.25) is 0 Å². The van der Waals surface area contributed by atoms with Crippen LogP contribution in [0.15, 0.2) is 42.5 Å². The molecule has 0 aromatic heterocycles. The third kappa shape index (κ3) is 7.83. The first-order chi connectivity index (χ1) is 14.9. The zero-order chi connectivity index (χ0) is 22.6. The smallest absolute Gasteiger partial charge is 0.226 e. The lowest BCUT2D eigenvalue weighted by Crippen LogP contribution is -2.48. The van der Waals surface area contributed by atoms with Crippen molar-refractivity contribution in [1.82, 2.24) is 15.5 Å². The summed E-state index contributed by atoms with van der Waals surface area (Å²) in [6, 6.07) is 9.07. The number of nitrogens with one attached hydrogen (secondary N) is 2. The van der Waals surface area contributed by atoms with Gasteiger partial charge in [0.05, 0.1) is 24.6 Å². The molecule has 1 aromatic carbocycles. The second kappa shape index (κ2) is 12.9. The Bertz CT molecular complexity index is 750. The number of ether oxygens (including phenoxy) is 1. The van der Waals surface area contributed by atoms with Crippen molar-refractivity contribution in [3.63, 3.8) is 0 Å². The first-order valence-electron chi connectivity index (χ1n) is 11.0. The first-order valence-corrected chi connectivity index (χ1v) is 11.0. The van der Waals surface area contributed by atoms with Gasteiger partial charge in [-0.2, -0.15) is 0 Å². The van der Waals surface area contributed by atoms with E-state index in [1.165, 1.54) is 0 Å². The zero-order valence-electron chi connectivity index (χ0n) is 18.8. The number of rotatable bonds is 7. The van der Waals surface area contributed by atoms with Gasteiger partial charge in [-0.1, -0.05) is 42.5 Å². The van der Waals surface area contributed by atoms with Gasteiger partial charge in [0.15, 0.2) is 0 Å². The van der Waals surface area contributed by atoms with E-state index in [9.17, 15) is 14.4 Å². The minimum atomic E-state index is -0.456. The number of hydrogen-bond acceptors (Lipinski definition) is 4. The monoisotopic (exact) mass is 429 g/mol. The number of carbonyl (C=O) groups is 3. The lowest BCUT2D eigenvalue weighted by Gasteiger charge is -2.35. The van der Waals surface area contributed by atoms with Gasteiger partial charge >= 0.3 is 0 Å². The quantitative estimate of drug-likeness (QED) is 0.515. The molecular weight excluding hydrogens is 394 g/mol. The van der Waals surface area contributed by atoms with Crippen LogP contribution in [-0.4, -0.2) is 55.5 Å². The summed E-state index contributed by atoms with van der Waals surface area (Å²) in [6.45, 7) is 5.31. The average molecular weight is 430 g/mol. The molecule has 3 amide bonds. The molecule has 0 unspecified atom stereocenters. The largest absolute Gasteiger partial charge is 0.380 e. The normalized spacial score (nSPS) is 24.0. The van der Waals surface area contributed by atoms with Crippen molar-refractivity contribution in [2.24, 2.45) is 5.92 Å². The highest BCUT2D eigenvalue weighted by Gasteiger charge is 2.31. The van der Waals surface area contributed by atoms with Crippen LogP contribution in [0.25, 0.3) is 0 Å². The molecule has 2 rings (SSSR count). The lowest BCUT2D eigenvalue weighted by molar-refractivity contribution is -0.139. The molecular formula is C24H35N3O4. The molecule has 0 saturated heterocycles. The number of nitrogens with zero attached hydrogens (tertiary/aromatic N) is 1. The molecule has 2 N–H and O–H groups in total. The minimum absolute atomic E-state index is 0.0444. The van der Waals surface area contributed by atoms with Crippen molar-refractivity contribution < 1.29 is 19.1 Å². The van der Waals surface area contributed by atoms with Gasteiger partial charge < -0.3 is 20.3 Å². The molecule has 0 fully saturated rings. The summed E-state index contributed by atoms with van der Waals surface area (Å²) in [4.78, 5) is 39.8. The summed E-state index contributed by atoms with van der Waals surface area (Å²) in [5.74, 6) is -0.764. The molecule has 170 valence electrons. The molecule has 1 aromatic rings. The molecule has 3 atom stereocenters. The summed E-state index contributed by atoms with van der Waals surface area (Å²) >= 11 is 0. The van der Waals surface area contributed by atoms with E-state index in [4.69, 9.17) is 4.74 Å². The van der Waals surface area contributed by atoms with E-state index in [1.807, 2.05) is 56.3 Å². The Kier molecular flexibility index (Phi) is 10.2. The molecule has 31 heavy (non-hydrogen) atoms. The number of hydrogen-bond donors (Lipinski definition) is 2. The standard InChI is InChI=1S/C24H35N3O4/c1-4-31-16-15-25-22(29)17-20-13-9-6-10-14-21(28)26-23(18(2)27(3)24(20)30)19-11-7-5-8-12-19/h5-9,11-12,18,20,23H,4,10,13-17H2,1-3H3,(H,25,29)(H,26,28)/b9-6+/t18-,20-,23-/m0/s1. The van der Waals surface area contributed by atoms with Gasteiger partial charge in [-0.05, 0) is 32.3 Å². The van der Waals surface area contributed by atoms with Crippen LogP contribution >= 0.6 is 0 Å². The Balaban J connectivity index is 2.17. The van der Waals surface area contributed by atoms with Crippen LogP contribution in [0.1, 0.15) is 51.1 Å². The summed E-state index contributed by atoms with van der Waals surface area (Å²) in [6.07, 6.45) is 5.38. The number of amides is 3. The van der Waals surface area contributed by atoms with Crippen molar-refractivity contribution in [3.8, 4) is 0 Å². The number of allylic oxidation sites excluding steroid dienone is 2. The molecule has 0 spiro atoms. The summed E-state index contributed by atoms with van der Waals surface area (Å²) in [5, 5.41) is 5.91. The molecule has 0 bridgehead atoms. The van der Waals surface area contributed by atoms with Crippen LogP contribution in [0, 0.1) is 5.92 Å². The topological polar surface area (TPSA) is 87.7 Å². The predicted octanol–water partition coefficient (Wildman–Crippen LogP) is 2.59. The van der Waals surface area contributed by atoms with Crippen molar-refractivity contribution in [3.05, 3.63) is 48.0 Å². The van der Waals surface area contributed by atoms with Gasteiger partial charge in [0.1, 0.15) is 0 Å². The Hall–Kier alpha value is -2.67. The van der Waals surface area contributed by atoms with Gasteiger partial charge in [-0.15, -0.1) is 0 Å². The highest BCUT2D eigenvalue weighted by atomic mass is 16.5. The van der Waals surface area contributed by atoms with Crippen LogP contribution in [0.4, 0.5) is 0 Å². The maximum absolute atomic E-state index is 13.3. The van der Waals surface area contributed by atoms with E-state index in [2.05, 4.69) is 10.6 Å². The second-order valence-corrected chi connectivity index (χ2v) is 7.84. The molecule has 0 aliphatic carbocycles. The fourth-order valence-electron chi connectivity index (χ4n) is 3.67. The molecule has 0 radical (unpaired) electrons. The number of likely N-dealkylation sites (N-methyl/N-ethyl adjacent to an activating group) is 1. The van der Waals surface area contributed by atoms with E-state index >= 15 is 0 Å². The third-order valence-corrected chi connectivity index (χ3v) is 5.60. The fraction of sp³-hybridized carbons (Fsp3) is 0.542. The number of benzene rings is 1. The van der Waals surface area contributed by atoms with E-state index < -0.39 is 5.92 Å². The SMILES string of the molecule is CCOCCNC(=O)C[C@@H]1C/C=C/CCC(=O)N[C@H](c2ccccc2)[C@H](C)N(C)C1=O. The molecule has 1 heterocycles. The van der Waals surface area contributed by atoms with Gasteiger partial charge in [0.25, 0.3) is 0 Å². The van der Waals surface area contributed by atoms with Gasteiger partial charge in [-0.25, -0.2) is 0 Å². The van der Waals surface area contributed by atoms with Crippen molar-refractivity contribution in [1.29, 1.82) is 0 Å². The second-order valence-electron chi connectivity index (χ2n) is 7.84. The maximum atomic E-state index is 13.3. The average Bonchev–Trinajstić information content (AvgIpc) is 2.78. The maximum Gasteiger partial charge on any atom is 0.226 e. The Labute approximate surface area is 185 Å². The van der Waals surface area contributed by atoms with Gasteiger partial charge in [0, 0.05) is 33.0 Å². The molecule has 0 saturated carbocycles. The van der Waals surface area contributed by atoms with Gasteiger partial charge in [0.2, 0.25) is 17.7 Å². The molecule has 7 nitrogen and oxygen atoms in total. The Morgan fingerprint density at radius 3 is 2.68 bits per heavy atom. The summed E-state index contributed by atoms with van der Waals surface area (Å²) in [5.41, 5.74) is 0.945. The van der Waals surface area contributed by atoms with Crippen LogP contribution < -0.4 is 10.6 Å². The zero-order valence-corrected chi connectivity index (χ0v) is 18.8. The van der Waals surface area contributed by atoms with E-state index in [0.29, 0.717) is 39.0 Å². The highest BCUT2D eigenvalue weighted by Crippen LogP contribution is 2.24. The molecule has 1 aliphatic rings. The van der Waals surface area contributed by atoms with E-state index in [0.717, 1.165) is 5.56 Å². The summed E-state index contributed by atoms with van der Waals surface area (Å²) in [7, 11) is 1.74. The fourth-order valence-corrected chi connectivity index (χ4v) is 3.67. The predicted molar refractivity (Wildman–Crippen MR) is 120 cm³/mol. The van der Waals surface area contributed by atoms with Crippen molar-refractivity contribution in [2.75, 3.05) is 26.8 Å².